The Bertz CT molecular complexity index is 896. The summed E-state index contributed by atoms with van der Waals surface area (Å²) in [6.45, 7) is 2.65. The van der Waals surface area contributed by atoms with Gasteiger partial charge in [-0.2, -0.15) is 5.10 Å². The minimum atomic E-state index is -0.714. The molecule has 0 saturated heterocycles. The van der Waals surface area contributed by atoms with E-state index < -0.39 is 17.2 Å². The van der Waals surface area contributed by atoms with Crippen molar-refractivity contribution in [3.63, 3.8) is 0 Å². The van der Waals surface area contributed by atoms with Gasteiger partial charge in [0, 0.05) is 32.0 Å². The summed E-state index contributed by atoms with van der Waals surface area (Å²) >= 11 is 0. The van der Waals surface area contributed by atoms with Crippen LogP contribution in [-0.2, 0) is 16.9 Å². The molecule has 128 valence electrons. The van der Waals surface area contributed by atoms with Crippen LogP contribution >= 0.6 is 0 Å². The van der Waals surface area contributed by atoms with Crippen molar-refractivity contribution in [2.45, 2.75) is 25.4 Å². The molecule has 25 heavy (non-hydrogen) atoms. The second-order valence-electron chi connectivity index (χ2n) is 6.47. The fraction of sp³-hybridized carbons (Fsp3) is 0.263. The molecule has 2 heterocycles. The number of nitrogens with one attached hydrogen (secondary N) is 1. The first kappa shape index (κ1) is 15.9. The van der Waals surface area contributed by atoms with Gasteiger partial charge in [-0.3, -0.25) is 4.79 Å². The third-order valence-electron chi connectivity index (χ3n) is 4.88. The maximum atomic E-state index is 14.2. The van der Waals surface area contributed by atoms with E-state index in [4.69, 9.17) is 0 Å². The topological polar surface area (TPSA) is 44.7 Å². The van der Waals surface area contributed by atoms with Crippen LogP contribution in [0.15, 0.2) is 47.6 Å². The average molecular weight is 341 g/mol. The highest BCUT2D eigenvalue weighted by Gasteiger charge is 2.49. The number of halogens is 2. The number of benzene rings is 2. The van der Waals surface area contributed by atoms with Crippen LogP contribution in [0.5, 0.6) is 0 Å². The van der Waals surface area contributed by atoms with Gasteiger partial charge in [0.15, 0.2) is 0 Å². The molecule has 2 aromatic rings. The van der Waals surface area contributed by atoms with E-state index in [1.807, 2.05) is 24.3 Å². The van der Waals surface area contributed by atoms with Crippen LogP contribution in [-0.4, -0.2) is 23.2 Å². The summed E-state index contributed by atoms with van der Waals surface area (Å²) in [5, 5.41) is 9.13. The van der Waals surface area contributed by atoms with Crippen molar-refractivity contribution >= 4 is 11.6 Å². The van der Waals surface area contributed by atoms with Gasteiger partial charge in [0.1, 0.15) is 17.2 Å². The first-order chi connectivity index (χ1) is 12.0. The highest BCUT2D eigenvalue weighted by molar-refractivity contribution is 6.04. The molecular weight excluding hydrogens is 324 g/mol. The van der Waals surface area contributed by atoms with E-state index in [2.05, 4.69) is 10.4 Å². The summed E-state index contributed by atoms with van der Waals surface area (Å²) in [6.07, 6.45) is 0.330. The third-order valence-corrected chi connectivity index (χ3v) is 4.88. The van der Waals surface area contributed by atoms with E-state index in [9.17, 15) is 13.6 Å². The zero-order valence-electron chi connectivity index (χ0n) is 13.7. The van der Waals surface area contributed by atoms with Crippen molar-refractivity contribution in [2.75, 3.05) is 6.54 Å². The second kappa shape index (κ2) is 5.74. The maximum absolute atomic E-state index is 14.2. The Hall–Kier alpha value is -2.60. The van der Waals surface area contributed by atoms with Gasteiger partial charge in [0.05, 0.1) is 5.71 Å². The van der Waals surface area contributed by atoms with Crippen LogP contribution in [0, 0.1) is 11.6 Å². The Labute approximate surface area is 144 Å². The molecule has 2 aliphatic rings. The summed E-state index contributed by atoms with van der Waals surface area (Å²) in [7, 11) is 0. The monoisotopic (exact) mass is 341 g/mol. The van der Waals surface area contributed by atoms with Crippen LogP contribution in [0.1, 0.15) is 30.0 Å². The van der Waals surface area contributed by atoms with E-state index in [-0.39, 0.29) is 11.5 Å². The van der Waals surface area contributed by atoms with Crippen LogP contribution < -0.4 is 5.32 Å². The van der Waals surface area contributed by atoms with Crippen molar-refractivity contribution in [3.05, 3.63) is 70.8 Å². The van der Waals surface area contributed by atoms with Gasteiger partial charge in [-0.05, 0) is 29.3 Å². The molecular formula is C19H17F2N3O. The zero-order valence-corrected chi connectivity index (χ0v) is 13.7. The minimum Gasteiger partial charge on any atom is -0.310 e. The second-order valence-corrected chi connectivity index (χ2v) is 6.47. The molecule has 2 aromatic carbocycles. The number of hydrogen-bond donors (Lipinski definition) is 1. The smallest absolute Gasteiger partial charge is 0.240 e. The predicted molar refractivity (Wildman–Crippen MR) is 89.9 cm³/mol. The van der Waals surface area contributed by atoms with Gasteiger partial charge in [0.25, 0.3) is 0 Å². The van der Waals surface area contributed by atoms with E-state index in [1.165, 1.54) is 11.9 Å². The Morgan fingerprint density at radius 2 is 2.04 bits per heavy atom. The van der Waals surface area contributed by atoms with Crippen molar-refractivity contribution in [1.29, 1.82) is 0 Å². The lowest BCUT2D eigenvalue weighted by molar-refractivity contribution is -0.134. The molecule has 4 nitrogen and oxygen atoms in total. The van der Waals surface area contributed by atoms with Gasteiger partial charge >= 0.3 is 0 Å². The van der Waals surface area contributed by atoms with Gasteiger partial charge in [-0.25, -0.2) is 13.8 Å². The van der Waals surface area contributed by atoms with Crippen molar-refractivity contribution in [1.82, 2.24) is 10.3 Å². The Balaban J connectivity index is 1.85. The van der Waals surface area contributed by atoms with Crippen LogP contribution in [0.4, 0.5) is 8.78 Å². The van der Waals surface area contributed by atoms with E-state index >= 15 is 0 Å². The molecule has 6 heteroatoms. The molecule has 1 amide bonds. The molecule has 1 unspecified atom stereocenters. The average Bonchev–Trinajstić information content (AvgIpc) is 2.98. The number of amides is 1. The lowest BCUT2D eigenvalue weighted by Gasteiger charge is -2.41. The highest BCUT2D eigenvalue weighted by Crippen LogP contribution is 2.42. The number of nitrogens with zero attached hydrogens (tertiary/aromatic N) is 2. The third kappa shape index (κ3) is 2.44. The molecule has 0 fully saturated rings. The standard InChI is InChI=1S/C19H17F2N3O/c1-12(25)24-19(11-22-10-13-4-2-3-5-16(13)19)9-18(23-24)15-8-14(20)6-7-17(15)21/h2-8,22H,9-11H2,1H3. The summed E-state index contributed by atoms with van der Waals surface area (Å²) in [5.41, 5.74) is 1.85. The molecule has 0 aliphatic carbocycles. The molecule has 0 aromatic heterocycles. The maximum Gasteiger partial charge on any atom is 0.240 e. The lowest BCUT2D eigenvalue weighted by atomic mass is 9.79. The SMILES string of the molecule is CC(=O)N1N=C(c2cc(F)ccc2F)CC12CNCc1ccccc12. The molecule has 2 aliphatic heterocycles. The van der Waals surface area contributed by atoms with E-state index in [0.29, 0.717) is 25.2 Å². The van der Waals surface area contributed by atoms with Crippen molar-refractivity contribution in [2.24, 2.45) is 5.10 Å². The highest BCUT2D eigenvalue weighted by atomic mass is 19.1. The Morgan fingerprint density at radius 3 is 2.84 bits per heavy atom. The molecule has 0 bridgehead atoms. The number of carbonyl (C=O) groups is 1. The molecule has 1 atom stereocenters. The van der Waals surface area contributed by atoms with Crippen molar-refractivity contribution < 1.29 is 13.6 Å². The number of hydrazone groups is 1. The summed E-state index contributed by atoms with van der Waals surface area (Å²) in [6, 6.07) is 11.1. The van der Waals surface area contributed by atoms with Gasteiger partial charge in [-0.1, -0.05) is 24.3 Å². The van der Waals surface area contributed by atoms with Crippen LogP contribution in [0.25, 0.3) is 0 Å². The summed E-state index contributed by atoms with van der Waals surface area (Å²) in [5.74, 6) is -1.31. The molecule has 1 N–H and O–H groups in total. The summed E-state index contributed by atoms with van der Waals surface area (Å²) in [4.78, 5) is 12.3. The van der Waals surface area contributed by atoms with Gasteiger partial charge in [0.2, 0.25) is 5.91 Å². The minimum absolute atomic E-state index is 0.103. The van der Waals surface area contributed by atoms with E-state index in [0.717, 1.165) is 29.3 Å². The molecule has 0 radical (unpaired) electrons. The Kier molecular flexibility index (Phi) is 3.65. The molecule has 1 spiro atoms. The van der Waals surface area contributed by atoms with Crippen LogP contribution in [0.2, 0.25) is 0 Å². The lowest BCUT2D eigenvalue weighted by Crippen LogP contribution is -2.52. The number of fused-ring (bicyclic) bond motifs is 2. The number of carbonyl (C=O) groups excluding carboxylic acids is 1. The van der Waals surface area contributed by atoms with E-state index in [1.54, 1.807) is 0 Å². The predicted octanol–water partition coefficient (Wildman–Crippen LogP) is 2.92. The first-order valence-electron chi connectivity index (χ1n) is 8.14. The normalized spacial score (nSPS) is 22.0. The van der Waals surface area contributed by atoms with Crippen LogP contribution in [0.3, 0.4) is 0 Å². The first-order valence-corrected chi connectivity index (χ1v) is 8.14. The molecule has 0 saturated carbocycles. The quantitative estimate of drug-likeness (QED) is 0.867. The van der Waals surface area contributed by atoms with Gasteiger partial charge in [-0.15, -0.1) is 0 Å². The molecule has 4 rings (SSSR count). The zero-order chi connectivity index (χ0) is 17.6. The number of hydrogen-bond acceptors (Lipinski definition) is 3. The summed E-state index contributed by atoms with van der Waals surface area (Å²) < 4.78 is 27.8. The Morgan fingerprint density at radius 1 is 1.24 bits per heavy atom. The fourth-order valence-electron chi connectivity index (χ4n) is 3.82. The van der Waals surface area contributed by atoms with Gasteiger partial charge < -0.3 is 5.32 Å². The largest absolute Gasteiger partial charge is 0.310 e. The fourth-order valence-corrected chi connectivity index (χ4v) is 3.82. The number of rotatable bonds is 1. The van der Waals surface area contributed by atoms with Crippen molar-refractivity contribution in [3.8, 4) is 0 Å².